The maximum Gasteiger partial charge on any atom is 0.241 e. The highest BCUT2D eigenvalue weighted by Crippen LogP contribution is 2.23. The van der Waals surface area contributed by atoms with Crippen molar-refractivity contribution in [3.05, 3.63) is 89.9 Å². The molecule has 0 spiro atoms. The van der Waals surface area contributed by atoms with Crippen LogP contribution in [0.25, 0.3) is 0 Å². The SMILES string of the molecule is CC(C)c1ccc(NC(=O)[C@H](C)N[C@H](c2ccccc2)c2ccco2)cc1. The van der Waals surface area contributed by atoms with Crippen molar-refractivity contribution >= 4 is 11.6 Å². The van der Waals surface area contributed by atoms with Crippen molar-refractivity contribution in [3.8, 4) is 0 Å². The number of hydrogen-bond acceptors (Lipinski definition) is 3. The van der Waals surface area contributed by atoms with Crippen LogP contribution in [0.3, 0.4) is 0 Å². The molecule has 1 amide bonds. The number of carbonyl (C=O) groups excluding carboxylic acids is 1. The first-order chi connectivity index (χ1) is 13.0. The molecular weight excluding hydrogens is 336 g/mol. The summed E-state index contributed by atoms with van der Waals surface area (Å²) in [4.78, 5) is 12.7. The summed E-state index contributed by atoms with van der Waals surface area (Å²) >= 11 is 0. The molecule has 0 bridgehead atoms. The molecule has 140 valence electrons. The van der Waals surface area contributed by atoms with Crippen molar-refractivity contribution in [2.24, 2.45) is 0 Å². The largest absolute Gasteiger partial charge is 0.467 e. The Hall–Kier alpha value is -2.85. The van der Waals surface area contributed by atoms with E-state index >= 15 is 0 Å². The van der Waals surface area contributed by atoms with Gasteiger partial charge in [-0.15, -0.1) is 0 Å². The van der Waals surface area contributed by atoms with Crippen molar-refractivity contribution in [2.75, 3.05) is 5.32 Å². The van der Waals surface area contributed by atoms with E-state index in [2.05, 4.69) is 24.5 Å². The second kappa shape index (κ2) is 8.69. The molecule has 4 heteroatoms. The maximum absolute atomic E-state index is 12.7. The molecule has 0 aliphatic carbocycles. The van der Waals surface area contributed by atoms with Crippen LogP contribution < -0.4 is 10.6 Å². The number of carbonyl (C=O) groups is 1. The topological polar surface area (TPSA) is 54.3 Å². The van der Waals surface area contributed by atoms with Gasteiger partial charge >= 0.3 is 0 Å². The number of nitrogens with one attached hydrogen (secondary N) is 2. The predicted octanol–water partition coefficient (Wildman–Crippen LogP) is 5.11. The number of anilines is 1. The third kappa shape index (κ3) is 4.86. The Kier molecular flexibility index (Phi) is 6.09. The summed E-state index contributed by atoms with van der Waals surface area (Å²) in [6, 6.07) is 21.2. The molecule has 0 saturated heterocycles. The summed E-state index contributed by atoms with van der Waals surface area (Å²) in [5.41, 5.74) is 3.10. The van der Waals surface area contributed by atoms with Crippen LogP contribution in [-0.4, -0.2) is 11.9 Å². The smallest absolute Gasteiger partial charge is 0.241 e. The molecule has 0 aliphatic rings. The van der Waals surface area contributed by atoms with Gasteiger partial charge in [0.15, 0.2) is 0 Å². The van der Waals surface area contributed by atoms with E-state index in [0.29, 0.717) is 5.92 Å². The Balaban J connectivity index is 1.70. The molecule has 1 heterocycles. The number of furan rings is 1. The Morgan fingerprint density at radius 3 is 2.15 bits per heavy atom. The van der Waals surface area contributed by atoms with Crippen LogP contribution in [0.1, 0.15) is 49.6 Å². The quantitative estimate of drug-likeness (QED) is 0.614. The van der Waals surface area contributed by atoms with Crippen molar-refractivity contribution in [3.63, 3.8) is 0 Å². The molecule has 0 saturated carbocycles. The minimum Gasteiger partial charge on any atom is -0.467 e. The number of rotatable bonds is 7. The van der Waals surface area contributed by atoms with Crippen LogP contribution in [0.15, 0.2) is 77.4 Å². The summed E-state index contributed by atoms with van der Waals surface area (Å²) in [7, 11) is 0. The first kappa shape index (κ1) is 18.9. The Morgan fingerprint density at radius 2 is 1.56 bits per heavy atom. The van der Waals surface area contributed by atoms with E-state index in [1.54, 1.807) is 6.26 Å². The normalized spacial score (nSPS) is 13.3. The fraction of sp³-hybridized carbons (Fsp3) is 0.261. The summed E-state index contributed by atoms with van der Waals surface area (Å²) in [6.07, 6.45) is 1.65. The van der Waals surface area contributed by atoms with Gasteiger partial charge in [0.05, 0.1) is 18.3 Å². The second-order valence-corrected chi connectivity index (χ2v) is 7.01. The molecule has 0 radical (unpaired) electrons. The van der Waals surface area contributed by atoms with Crippen molar-refractivity contribution in [1.29, 1.82) is 0 Å². The fourth-order valence-electron chi connectivity index (χ4n) is 2.97. The molecular formula is C23H26N2O2. The molecule has 2 N–H and O–H groups in total. The highest BCUT2D eigenvalue weighted by Gasteiger charge is 2.22. The second-order valence-electron chi connectivity index (χ2n) is 7.01. The maximum atomic E-state index is 12.7. The van der Waals surface area contributed by atoms with E-state index in [1.165, 1.54) is 5.56 Å². The molecule has 27 heavy (non-hydrogen) atoms. The molecule has 1 aromatic heterocycles. The first-order valence-corrected chi connectivity index (χ1v) is 9.30. The third-order valence-corrected chi connectivity index (χ3v) is 4.62. The number of amides is 1. The standard InChI is InChI=1S/C23H26N2O2/c1-16(2)18-11-13-20(14-12-18)25-23(26)17(3)24-22(21-10-7-15-27-21)19-8-5-4-6-9-19/h4-17,22,24H,1-3H3,(H,25,26)/t17-,22+/m0/s1. The van der Waals surface area contributed by atoms with E-state index in [-0.39, 0.29) is 11.9 Å². The van der Waals surface area contributed by atoms with Gasteiger partial charge in [-0.2, -0.15) is 0 Å². The first-order valence-electron chi connectivity index (χ1n) is 9.30. The van der Waals surface area contributed by atoms with E-state index in [1.807, 2.05) is 73.7 Å². The average Bonchev–Trinajstić information content (AvgIpc) is 3.21. The van der Waals surface area contributed by atoms with Gasteiger partial charge in [-0.25, -0.2) is 0 Å². The Labute approximate surface area is 160 Å². The van der Waals surface area contributed by atoms with E-state index in [4.69, 9.17) is 4.42 Å². The van der Waals surface area contributed by atoms with Gasteiger partial charge in [-0.1, -0.05) is 56.3 Å². The monoisotopic (exact) mass is 362 g/mol. The molecule has 2 aromatic carbocycles. The third-order valence-electron chi connectivity index (χ3n) is 4.62. The molecule has 0 fully saturated rings. The van der Waals surface area contributed by atoms with Crippen LogP contribution in [-0.2, 0) is 4.79 Å². The van der Waals surface area contributed by atoms with Gasteiger partial charge in [-0.3, -0.25) is 10.1 Å². The lowest BCUT2D eigenvalue weighted by Crippen LogP contribution is -2.40. The molecule has 3 aromatic rings. The zero-order chi connectivity index (χ0) is 19.2. The summed E-state index contributed by atoms with van der Waals surface area (Å²) in [6.45, 7) is 6.16. The van der Waals surface area contributed by atoms with E-state index in [0.717, 1.165) is 17.0 Å². The fourth-order valence-corrected chi connectivity index (χ4v) is 2.97. The molecule has 2 atom stereocenters. The number of benzene rings is 2. The van der Waals surface area contributed by atoms with Gasteiger partial charge in [0.25, 0.3) is 0 Å². The molecule has 0 aliphatic heterocycles. The minimum atomic E-state index is -0.398. The van der Waals surface area contributed by atoms with E-state index in [9.17, 15) is 4.79 Å². The summed E-state index contributed by atoms with van der Waals surface area (Å²) in [5, 5.41) is 6.36. The summed E-state index contributed by atoms with van der Waals surface area (Å²) < 4.78 is 5.59. The van der Waals surface area contributed by atoms with Gasteiger partial charge in [0.1, 0.15) is 5.76 Å². The van der Waals surface area contributed by atoms with Gasteiger partial charge < -0.3 is 9.73 Å². The zero-order valence-electron chi connectivity index (χ0n) is 16.0. The highest BCUT2D eigenvalue weighted by molar-refractivity contribution is 5.94. The average molecular weight is 362 g/mol. The van der Waals surface area contributed by atoms with Crippen molar-refractivity contribution < 1.29 is 9.21 Å². The minimum absolute atomic E-state index is 0.0835. The molecule has 4 nitrogen and oxygen atoms in total. The lowest BCUT2D eigenvalue weighted by atomic mass is 10.0. The van der Waals surface area contributed by atoms with Crippen LogP contribution in [0.2, 0.25) is 0 Å². The number of hydrogen-bond donors (Lipinski definition) is 2. The van der Waals surface area contributed by atoms with Crippen LogP contribution >= 0.6 is 0 Å². The Morgan fingerprint density at radius 1 is 0.852 bits per heavy atom. The van der Waals surface area contributed by atoms with Crippen LogP contribution in [0.5, 0.6) is 0 Å². The highest BCUT2D eigenvalue weighted by atomic mass is 16.3. The van der Waals surface area contributed by atoms with Crippen molar-refractivity contribution in [1.82, 2.24) is 5.32 Å². The lowest BCUT2D eigenvalue weighted by molar-refractivity contribution is -0.117. The summed E-state index contributed by atoms with van der Waals surface area (Å²) in [5.74, 6) is 1.16. The van der Waals surface area contributed by atoms with Crippen molar-refractivity contribution in [2.45, 2.75) is 38.8 Å². The van der Waals surface area contributed by atoms with Gasteiger partial charge in [0, 0.05) is 5.69 Å². The van der Waals surface area contributed by atoms with Crippen LogP contribution in [0.4, 0.5) is 5.69 Å². The van der Waals surface area contributed by atoms with Gasteiger partial charge in [0.2, 0.25) is 5.91 Å². The van der Waals surface area contributed by atoms with E-state index < -0.39 is 6.04 Å². The van der Waals surface area contributed by atoms with Gasteiger partial charge in [-0.05, 0) is 48.2 Å². The lowest BCUT2D eigenvalue weighted by Gasteiger charge is -2.22. The zero-order valence-corrected chi connectivity index (χ0v) is 16.0. The molecule has 3 rings (SSSR count). The molecule has 0 unspecified atom stereocenters. The Bertz CT molecular complexity index is 840. The predicted molar refractivity (Wildman–Crippen MR) is 109 cm³/mol. The van der Waals surface area contributed by atoms with Crippen LogP contribution in [0, 0.1) is 0 Å².